The van der Waals surface area contributed by atoms with Crippen molar-refractivity contribution < 1.29 is 24.2 Å². The molecule has 0 bridgehead atoms. The first-order chi connectivity index (χ1) is 13.4. The largest absolute Gasteiger partial charge is 0.494 e. The highest BCUT2D eigenvalue weighted by Gasteiger charge is 2.26. The van der Waals surface area contributed by atoms with Gasteiger partial charge in [0.1, 0.15) is 5.75 Å². The molecule has 0 aliphatic carbocycles. The van der Waals surface area contributed by atoms with Crippen molar-refractivity contribution in [3.05, 3.63) is 65.7 Å². The summed E-state index contributed by atoms with van der Waals surface area (Å²) in [7, 11) is 0. The molecule has 7 nitrogen and oxygen atoms in total. The SMILES string of the molecule is CCOc1ccc(C(=O)NCC(=O)NC(c2ccccc2)C(C)C(=O)O)cc1. The number of carbonyl (C=O) groups excluding carboxylic acids is 2. The van der Waals surface area contributed by atoms with E-state index in [-0.39, 0.29) is 6.54 Å². The van der Waals surface area contributed by atoms with Gasteiger partial charge in [-0.1, -0.05) is 30.3 Å². The predicted octanol–water partition coefficient (Wildman–Crippen LogP) is 2.39. The van der Waals surface area contributed by atoms with Crippen molar-refractivity contribution in [1.82, 2.24) is 10.6 Å². The molecular formula is C21H24N2O5. The number of carboxylic acid groups (broad SMARTS) is 1. The zero-order valence-electron chi connectivity index (χ0n) is 15.8. The Labute approximate surface area is 163 Å². The number of carboxylic acids is 1. The van der Waals surface area contributed by atoms with E-state index in [1.807, 2.05) is 13.0 Å². The molecule has 0 heterocycles. The summed E-state index contributed by atoms with van der Waals surface area (Å²) in [5.41, 5.74) is 1.08. The Balaban J connectivity index is 1.96. The van der Waals surface area contributed by atoms with Crippen LogP contribution in [-0.4, -0.2) is 36.0 Å². The van der Waals surface area contributed by atoms with Crippen LogP contribution >= 0.6 is 0 Å². The molecule has 0 aliphatic rings. The zero-order valence-corrected chi connectivity index (χ0v) is 15.8. The molecule has 0 saturated heterocycles. The van der Waals surface area contributed by atoms with E-state index in [9.17, 15) is 19.5 Å². The lowest BCUT2D eigenvalue weighted by molar-refractivity contribution is -0.142. The van der Waals surface area contributed by atoms with Gasteiger partial charge in [-0.25, -0.2) is 0 Å². The second-order valence-electron chi connectivity index (χ2n) is 6.22. The monoisotopic (exact) mass is 384 g/mol. The summed E-state index contributed by atoms with van der Waals surface area (Å²) in [6.45, 7) is 3.66. The quantitative estimate of drug-likeness (QED) is 0.616. The highest BCUT2D eigenvalue weighted by atomic mass is 16.5. The van der Waals surface area contributed by atoms with Crippen LogP contribution in [0.15, 0.2) is 54.6 Å². The molecule has 2 atom stereocenters. The van der Waals surface area contributed by atoms with E-state index in [2.05, 4.69) is 10.6 Å². The van der Waals surface area contributed by atoms with Crippen LogP contribution in [0.25, 0.3) is 0 Å². The predicted molar refractivity (Wildman–Crippen MR) is 104 cm³/mol. The third kappa shape index (κ3) is 5.84. The fraction of sp³-hybridized carbons (Fsp3) is 0.286. The number of benzene rings is 2. The van der Waals surface area contributed by atoms with E-state index in [0.29, 0.717) is 23.5 Å². The number of carbonyl (C=O) groups is 3. The number of hydrogen-bond donors (Lipinski definition) is 3. The topological polar surface area (TPSA) is 105 Å². The fourth-order valence-electron chi connectivity index (χ4n) is 2.66. The molecule has 0 radical (unpaired) electrons. The minimum absolute atomic E-state index is 0.262. The first-order valence-corrected chi connectivity index (χ1v) is 9.00. The van der Waals surface area contributed by atoms with E-state index in [0.717, 1.165) is 0 Å². The van der Waals surface area contributed by atoms with Crippen LogP contribution < -0.4 is 15.4 Å². The van der Waals surface area contributed by atoms with E-state index in [1.165, 1.54) is 6.92 Å². The van der Waals surface area contributed by atoms with Crippen molar-refractivity contribution in [3.8, 4) is 5.75 Å². The van der Waals surface area contributed by atoms with Crippen LogP contribution in [-0.2, 0) is 9.59 Å². The molecule has 28 heavy (non-hydrogen) atoms. The summed E-state index contributed by atoms with van der Waals surface area (Å²) in [6, 6.07) is 14.7. The molecule has 0 spiro atoms. The Kier molecular flexibility index (Phi) is 7.56. The molecule has 0 saturated carbocycles. The summed E-state index contributed by atoms with van der Waals surface area (Å²) in [6.07, 6.45) is 0. The van der Waals surface area contributed by atoms with Crippen LogP contribution in [0.4, 0.5) is 0 Å². The number of aliphatic carboxylic acids is 1. The van der Waals surface area contributed by atoms with Gasteiger partial charge in [0.15, 0.2) is 0 Å². The molecule has 2 rings (SSSR count). The lowest BCUT2D eigenvalue weighted by atomic mass is 9.94. The number of amides is 2. The average molecular weight is 384 g/mol. The van der Waals surface area contributed by atoms with Gasteiger partial charge in [0.05, 0.1) is 25.1 Å². The second kappa shape index (κ2) is 10.1. The number of nitrogens with one attached hydrogen (secondary N) is 2. The van der Waals surface area contributed by atoms with Crippen molar-refractivity contribution in [2.45, 2.75) is 19.9 Å². The van der Waals surface area contributed by atoms with E-state index < -0.39 is 29.7 Å². The summed E-state index contributed by atoms with van der Waals surface area (Å²) < 4.78 is 5.32. The molecule has 2 aromatic rings. The van der Waals surface area contributed by atoms with Crippen LogP contribution in [0.1, 0.15) is 35.8 Å². The number of hydrogen-bond acceptors (Lipinski definition) is 4. The van der Waals surface area contributed by atoms with Gasteiger partial charge in [-0.15, -0.1) is 0 Å². The maximum absolute atomic E-state index is 12.3. The molecule has 3 N–H and O–H groups in total. The smallest absolute Gasteiger partial charge is 0.308 e. The Morgan fingerprint density at radius 1 is 1.04 bits per heavy atom. The standard InChI is InChI=1S/C21H24N2O5/c1-3-28-17-11-9-16(10-12-17)20(25)22-13-18(24)23-19(14(2)21(26)27)15-7-5-4-6-8-15/h4-12,14,19H,3,13H2,1-2H3,(H,22,25)(H,23,24)(H,26,27). The van der Waals surface area contributed by atoms with Crippen LogP contribution in [0.2, 0.25) is 0 Å². The number of ether oxygens (including phenoxy) is 1. The molecule has 2 amide bonds. The maximum Gasteiger partial charge on any atom is 0.308 e. The summed E-state index contributed by atoms with van der Waals surface area (Å²) in [4.78, 5) is 35.9. The summed E-state index contributed by atoms with van der Waals surface area (Å²) in [5, 5.41) is 14.6. The van der Waals surface area contributed by atoms with Gasteiger partial charge in [-0.3, -0.25) is 14.4 Å². The second-order valence-corrected chi connectivity index (χ2v) is 6.22. The lowest BCUT2D eigenvalue weighted by Gasteiger charge is -2.23. The highest BCUT2D eigenvalue weighted by molar-refractivity contribution is 5.96. The van der Waals surface area contributed by atoms with Crippen LogP contribution in [0.3, 0.4) is 0 Å². The fourth-order valence-corrected chi connectivity index (χ4v) is 2.66. The third-order valence-electron chi connectivity index (χ3n) is 4.20. The molecular weight excluding hydrogens is 360 g/mol. The Hall–Kier alpha value is -3.35. The summed E-state index contributed by atoms with van der Waals surface area (Å²) in [5.74, 6) is -2.06. The van der Waals surface area contributed by atoms with Gasteiger partial charge < -0.3 is 20.5 Å². The molecule has 0 aromatic heterocycles. The zero-order chi connectivity index (χ0) is 20.5. The summed E-state index contributed by atoms with van der Waals surface area (Å²) >= 11 is 0. The highest BCUT2D eigenvalue weighted by Crippen LogP contribution is 2.22. The van der Waals surface area contributed by atoms with Gasteiger partial charge in [0.2, 0.25) is 5.91 Å². The minimum atomic E-state index is -1.02. The van der Waals surface area contributed by atoms with Crippen molar-refractivity contribution >= 4 is 17.8 Å². The van der Waals surface area contributed by atoms with Gasteiger partial charge in [-0.05, 0) is 43.7 Å². The van der Waals surface area contributed by atoms with Crippen LogP contribution in [0, 0.1) is 5.92 Å². The van der Waals surface area contributed by atoms with Crippen LogP contribution in [0.5, 0.6) is 5.75 Å². The minimum Gasteiger partial charge on any atom is -0.494 e. The Morgan fingerprint density at radius 3 is 2.25 bits per heavy atom. The maximum atomic E-state index is 12.3. The third-order valence-corrected chi connectivity index (χ3v) is 4.20. The van der Waals surface area contributed by atoms with Crippen molar-refractivity contribution in [3.63, 3.8) is 0 Å². The Morgan fingerprint density at radius 2 is 1.68 bits per heavy atom. The molecule has 7 heteroatoms. The average Bonchev–Trinajstić information content (AvgIpc) is 2.71. The molecule has 0 aliphatic heterocycles. The Bertz CT molecular complexity index is 805. The molecule has 0 fully saturated rings. The van der Waals surface area contributed by atoms with Gasteiger partial charge in [0.25, 0.3) is 5.91 Å². The van der Waals surface area contributed by atoms with E-state index in [4.69, 9.17) is 4.74 Å². The number of rotatable bonds is 9. The van der Waals surface area contributed by atoms with Gasteiger partial charge in [0, 0.05) is 5.56 Å². The molecule has 2 unspecified atom stereocenters. The van der Waals surface area contributed by atoms with Crippen molar-refractivity contribution in [2.24, 2.45) is 5.92 Å². The van der Waals surface area contributed by atoms with Crippen molar-refractivity contribution in [2.75, 3.05) is 13.2 Å². The van der Waals surface area contributed by atoms with E-state index in [1.54, 1.807) is 48.5 Å². The normalized spacial score (nSPS) is 12.5. The van der Waals surface area contributed by atoms with Crippen molar-refractivity contribution in [1.29, 1.82) is 0 Å². The van der Waals surface area contributed by atoms with E-state index >= 15 is 0 Å². The first-order valence-electron chi connectivity index (χ1n) is 9.00. The first kappa shape index (κ1) is 21.0. The molecule has 2 aromatic carbocycles. The molecule has 148 valence electrons. The lowest BCUT2D eigenvalue weighted by Crippen LogP contribution is -2.41. The van der Waals surface area contributed by atoms with Gasteiger partial charge in [-0.2, -0.15) is 0 Å². The van der Waals surface area contributed by atoms with Gasteiger partial charge >= 0.3 is 5.97 Å².